The summed E-state index contributed by atoms with van der Waals surface area (Å²) in [6, 6.07) is 0. The van der Waals surface area contributed by atoms with E-state index in [1.54, 1.807) is 0 Å². The van der Waals surface area contributed by atoms with Gasteiger partial charge >= 0.3 is 11.9 Å². The summed E-state index contributed by atoms with van der Waals surface area (Å²) in [5, 5.41) is 23.3. The normalized spacial score (nSPS) is 51.3. The number of carbonyl (C=O) groups is 2. The van der Waals surface area contributed by atoms with E-state index in [1.807, 2.05) is 0 Å². The van der Waals surface area contributed by atoms with E-state index in [0.29, 0.717) is 18.3 Å². The number of rotatable bonds is 2. The highest BCUT2D eigenvalue weighted by molar-refractivity contribution is 5.85. The first-order valence-corrected chi connectivity index (χ1v) is 12.0. The molecule has 1 aliphatic heterocycles. The topological polar surface area (TPSA) is 93.1 Å². The van der Waals surface area contributed by atoms with E-state index < -0.39 is 17.1 Å². The van der Waals surface area contributed by atoms with Gasteiger partial charge in [0.05, 0.1) is 11.7 Å². The molecule has 0 aromatic heterocycles. The van der Waals surface area contributed by atoms with Gasteiger partial charge in [0.2, 0.25) is 0 Å². The highest BCUT2D eigenvalue weighted by Gasteiger charge is 2.70. The molecule has 2 N–H and O–H groups in total. The second kappa shape index (κ2) is 7.05. The number of hydrogen-bond donors (Lipinski definition) is 2. The van der Waals surface area contributed by atoms with Gasteiger partial charge in [-0.05, 0) is 73.7 Å². The van der Waals surface area contributed by atoms with Crippen molar-refractivity contribution in [2.45, 2.75) is 89.9 Å². The van der Waals surface area contributed by atoms with Crippen LogP contribution in [0, 0.1) is 34.5 Å². The maximum atomic E-state index is 12.2. The summed E-state index contributed by atoms with van der Waals surface area (Å²) >= 11 is 0. The van der Waals surface area contributed by atoms with Crippen molar-refractivity contribution in [2.75, 3.05) is 6.61 Å². The van der Waals surface area contributed by atoms with Gasteiger partial charge in [-0.2, -0.15) is 0 Å². The molecule has 0 spiro atoms. The van der Waals surface area contributed by atoms with E-state index in [9.17, 15) is 19.8 Å². The van der Waals surface area contributed by atoms with Crippen LogP contribution >= 0.6 is 0 Å². The van der Waals surface area contributed by atoms with E-state index in [-0.39, 0.29) is 41.9 Å². The number of hydrogen-bond acceptors (Lipinski definition) is 6. The van der Waals surface area contributed by atoms with E-state index >= 15 is 0 Å². The van der Waals surface area contributed by atoms with Gasteiger partial charge in [0, 0.05) is 30.8 Å². The second-order valence-corrected chi connectivity index (χ2v) is 11.5. The van der Waals surface area contributed by atoms with Gasteiger partial charge in [-0.1, -0.05) is 13.8 Å². The molecule has 1 heterocycles. The van der Waals surface area contributed by atoms with Crippen LogP contribution in [-0.2, 0) is 19.1 Å². The molecule has 4 fully saturated rings. The van der Waals surface area contributed by atoms with Crippen LogP contribution in [0.2, 0.25) is 0 Å². The second-order valence-electron chi connectivity index (χ2n) is 11.5. The maximum absolute atomic E-state index is 12.2. The standard InChI is InChI=1S/C25H36O6/c1-14(26)31-17-6-8-23(2)16(11-17)4-5-19-18(23)7-9-24(3)22(15-10-21(28)30-13-15)20(27)12-25(19,24)29/h10,16-20,22,27,29H,4-9,11-13H2,1-3H3. The van der Waals surface area contributed by atoms with Gasteiger partial charge in [-0.3, -0.25) is 4.79 Å². The smallest absolute Gasteiger partial charge is 0.331 e. The third kappa shape index (κ3) is 2.97. The molecule has 6 heteroatoms. The van der Waals surface area contributed by atoms with Crippen molar-refractivity contribution in [1.82, 2.24) is 0 Å². The number of aliphatic hydroxyl groups excluding tert-OH is 1. The minimum atomic E-state index is -0.937. The van der Waals surface area contributed by atoms with Gasteiger partial charge in [-0.15, -0.1) is 0 Å². The summed E-state index contributed by atoms with van der Waals surface area (Å²) in [6.07, 6.45) is 7.94. The molecular formula is C25H36O6. The first kappa shape index (κ1) is 21.4. The van der Waals surface area contributed by atoms with E-state index in [0.717, 1.165) is 50.5 Å². The quantitative estimate of drug-likeness (QED) is 0.651. The molecule has 5 aliphatic rings. The average molecular weight is 433 g/mol. The summed E-state index contributed by atoms with van der Waals surface area (Å²) in [7, 11) is 0. The molecule has 4 saturated carbocycles. The summed E-state index contributed by atoms with van der Waals surface area (Å²) in [5.74, 6) is 0.299. The van der Waals surface area contributed by atoms with Crippen molar-refractivity contribution < 1.29 is 29.3 Å². The number of cyclic esters (lactones) is 1. The molecular weight excluding hydrogens is 396 g/mol. The van der Waals surface area contributed by atoms with Gasteiger partial charge < -0.3 is 19.7 Å². The SMILES string of the molecule is CC(=O)OC1CCC2(C)C(CCC3C2CCC2(C)C(C4=CC(=O)OC4)C(O)CC32O)C1. The summed E-state index contributed by atoms with van der Waals surface area (Å²) in [6.45, 7) is 6.24. The Hall–Kier alpha value is -1.40. The summed E-state index contributed by atoms with van der Waals surface area (Å²) in [5.41, 5.74) is -0.416. The Morgan fingerprint density at radius 3 is 2.61 bits per heavy atom. The van der Waals surface area contributed by atoms with Gasteiger partial charge in [0.1, 0.15) is 12.7 Å². The first-order valence-electron chi connectivity index (χ1n) is 12.0. The van der Waals surface area contributed by atoms with Gasteiger partial charge in [0.15, 0.2) is 0 Å². The number of aliphatic hydroxyl groups is 2. The molecule has 172 valence electrons. The first-order chi connectivity index (χ1) is 14.6. The molecule has 0 aromatic rings. The summed E-state index contributed by atoms with van der Waals surface area (Å²) < 4.78 is 10.7. The molecule has 9 atom stereocenters. The zero-order valence-corrected chi connectivity index (χ0v) is 18.9. The lowest BCUT2D eigenvalue weighted by Crippen LogP contribution is -2.62. The molecule has 0 aromatic carbocycles. The molecule has 0 radical (unpaired) electrons. The molecule has 0 saturated heterocycles. The fraction of sp³-hybridized carbons (Fsp3) is 0.840. The highest BCUT2D eigenvalue weighted by atomic mass is 16.5. The van der Waals surface area contributed by atoms with Crippen LogP contribution in [0.3, 0.4) is 0 Å². The van der Waals surface area contributed by atoms with Crippen LogP contribution in [-0.4, -0.2) is 46.6 Å². The Labute approximate surface area is 184 Å². The molecule has 4 aliphatic carbocycles. The van der Waals surface area contributed by atoms with Crippen LogP contribution in [0.5, 0.6) is 0 Å². The van der Waals surface area contributed by atoms with Gasteiger partial charge in [-0.25, -0.2) is 4.79 Å². The Morgan fingerprint density at radius 1 is 1.16 bits per heavy atom. The predicted octanol–water partition coefficient (Wildman–Crippen LogP) is 3.15. The molecule has 0 bridgehead atoms. The number of carbonyl (C=O) groups excluding carboxylic acids is 2. The van der Waals surface area contributed by atoms with Crippen molar-refractivity contribution in [3.63, 3.8) is 0 Å². The molecule has 5 rings (SSSR count). The Kier molecular flexibility index (Phi) is 4.88. The molecule has 9 unspecified atom stereocenters. The third-order valence-electron chi connectivity index (χ3n) is 10.2. The average Bonchev–Trinajstić information content (AvgIpc) is 3.18. The van der Waals surface area contributed by atoms with Crippen molar-refractivity contribution in [2.24, 2.45) is 34.5 Å². The van der Waals surface area contributed by atoms with E-state index in [2.05, 4.69) is 13.8 Å². The molecule has 0 amide bonds. The zero-order valence-electron chi connectivity index (χ0n) is 18.9. The van der Waals surface area contributed by atoms with E-state index in [4.69, 9.17) is 9.47 Å². The molecule has 31 heavy (non-hydrogen) atoms. The van der Waals surface area contributed by atoms with Crippen molar-refractivity contribution in [1.29, 1.82) is 0 Å². The van der Waals surface area contributed by atoms with Crippen molar-refractivity contribution in [3.8, 4) is 0 Å². The number of fused-ring (bicyclic) bond motifs is 5. The Bertz CT molecular complexity index is 821. The van der Waals surface area contributed by atoms with Crippen LogP contribution in [0.1, 0.15) is 72.1 Å². The van der Waals surface area contributed by atoms with Crippen LogP contribution in [0.4, 0.5) is 0 Å². The Balaban J connectivity index is 1.43. The van der Waals surface area contributed by atoms with Crippen LogP contribution in [0.15, 0.2) is 11.6 Å². The number of ether oxygens (including phenoxy) is 2. The lowest BCUT2D eigenvalue weighted by atomic mass is 9.43. The fourth-order valence-electron chi connectivity index (χ4n) is 8.79. The van der Waals surface area contributed by atoms with Crippen molar-refractivity contribution >= 4 is 11.9 Å². The minimum absolute atomic E-state index is 0.0218. The highest BCUT2D eigenvalue weighted by Crippen LogP contribution is 2.70. The third-order valence-corrected chi connectivity index (χ3v) is 10.2. The minimum Gasteiger partial charge on any atom is -0.463 e. The molecule has 6 nitrogen and oxygen atoms in total. The van der Waals surface area contributed by atoms with Crippen LogP contribution in [0.25, 0.3) is 0 Å². The lowest BCUT2D eigenvalue weighted by molar-refractivity contribution is -0.210. The van der Waals surface area contributed by atoms with E-state index in [1.165, 1.54) is 13.0 Å². The fourth-order valence-corrected chi connectivity index (χ4v) is 8.79. The predicted molar refractivity (Wildman–Crippen MR) is 113 cm³/mol. The number of esters is 2. The van der Waals surface area contributed by atoms with Gasteiger partial charge in [0.25, 0.3) is 0 Å². The monoisotopic (exact) mass is 432 g/mol. The van der Waals surface area contributed by atoms with Crippen LogP contribution < -0.4 is 0 Å². The van der Waals surface area contributed by atoms with Crippen molar-refractivity contribution in [3.05, 3.63) is 11.6 Å². The maximum Gasteiger partial charge on any atom is 0.331 e. The largest absolute Gasteiger partial charge is 0.463 e. The zero-order chi connectivity index (χ0) is 22.2. The Morgan fingerprint density at radius 2 is 1.94 bits per heavy atom. The lowest BCUT2D eigenvalue weighted by Gasteiger charge is -2.63. The summed E-state index contributed by atoms with van der Waals surface area (Å²) in [4.78, 5) is 23.2.